The van der Waals surface area contributed by atoms with Crippen LogP contribution in [0.3, 0.4) is 0 Å². The standard InChI is InChI=1S/C77H50N2/c1-3-20-52(21-4-1)59-25-9-11-28-62(59)63-29-12-10-26-60(63)54-40-46-58(47-41-54)78(73-37-19-36-72-75(73)68-32-15-18-35-71(68)77(72)69-33-16-13-30-64(69)65-31-14-17-34-70(65)77)57-44-38-51(39-45-57)55-43-48-66-67-49-42-53-22-7-8-27-61(53)76(67)79(74(66)50-55)56-23-5-2-6-24-56/h1-50H. The summed E-state index contributed by atoms with van der Waals surface area (Å²) in [5.74, 6) is 0. The van der Waals surface area contributed by atoms with Gasteiger partial charge in [0, 0.05) is 38.8 Å². The van der Waals surface area contributed by atoms with Crippen LogP contribution in [0.5, 0.6) is 0 Å². The van der Waals surface area contributed by atoms with Gasteiger partial charge in [-0.3, -0.25) is 0 Å². The van der Waals surface area contributed by atoms with Gasteiger partial charge in [0.05, 0.1) is 22.1 Å². The Bertz CT molecular complexity index is 4660. The highest BCUT2D eigenvalue weighted by atomic mass is 15.1. The van der Waals surface area contributed by atoms with Gasteiger partial charge >= 0.3 is 0 Å². The van der Waals surface area contributed by atoms with Gasteiger partial charge in [0.25, 0.3) is 0 Å². The Balaban J connectivity index is 0.872. The van der Waals surface area contributed by atoms with E-state index >= 15 is 0 Å². The van der Waals surface area contributed by atoms with Crippen LogP contribution in [0.15, 0.2) is 303 Å². The molecule has 16 rings (SSSR count). The molecule has 0 saturated carbocycles. The predicted octanol–water partition coefficient (Wildman–Crippen LogP) is 20.4. The van der Waals surface area contributed by atoms with Crippen LogP contribution in [0.1, 0.15) is 22.3 Å². The first-order valence-corrected chi connectivity index (χ1v) is 27.4. The molecule has 0 atom stereocenters. The average molecular weight is 1000 g/mol. The van der Waals surface area contributed by atoms with Crippen LogP contribution < -0.4 is 4.90 Å². The number of anilines is 3. The van der Waals surface area contributed by atoms with Gasteiger partial charge in [-0.05, 0) is 137 Å². The molecule has 0 amide bonds. The fourth-order valence-corrected chi connectivity index (χ4v) is 13.7. The Morgan fingerprint density at radius 1 is 0.278 bits per heavy atom. The van der Waals surface area contributed by atoms with Crippen molar-refractivity contribution in [2.24, 2.45) is 0 Å². The topological polar surface area (TPSA) is 8.17 Å². The summed E-state index contributed by atoms with van der Waals surface area (Å²) in [5, 5.41) is 4.98. The molecule has 2 heteroatoms. The van der Waals surface area contributed by atoms with Crippen molar-refractivity contribution in [3.8, 4) is 72.4 Å². The van der Waals surface area contributed by atoms with Crippen molar-refractivity contribution >= 4 is 49.6 Å². The molecule has 1 spiro atoms. The molecule has 0 aliphatic heterocycles. The summed E-state index contributed by atoms with van der Waals surface area (Å²) in [6, 6.07) is 112. The first-order valence-electron chi connectivity index (χ1n) is 27.4. The SMILES string of the molecule is c1ccc(-c2ccccc2-c2ccccc2-c2ccc(N(c3ccc(-c4ccc5c6ccc7ccccc7c6n(-c6ccccc6)c5c4)cc3)c3cccc4c3-c3ccccc3C43c4ccccc4-c4ccccc43)cc2)cc1. The summed E-state index contributed by atoms with van der Waals surface area (Å²) in [7, 11) is 0. The number of nitrogens with zero attached hydrogens (tertiary/aromatic N) is 2. The average Bonchev–Trinajstić information content (AvgIpc) is 4.34. The van der Waals surface area contributed by atoms with Crippen LogP contribution in [0.25, 0.3) is 105 Å². The highest BCUT2D eigenvalue weighted by Gasteiger charge is 2.52. The van der Waals surface area contributed by atoms with Crippen LogP contribution in [0, 0.1) is 0 Å². The van der Waals surface area contributed by atoms with E-state index in [0.717, 1.165) is 33.9 Å². The molecule has 79 heavy (non-hydrogen) atoms. The van der Waals surface area contributed by atoms with Crippen molar-refractivity contribution < 1.29 is 0 Å². The first kappa shape index (κ1) is 45.0. The Morgan fingerprint density at radius 2 is 0.747 bits per heavy atom. The Kier molecular flexibility index (Phi) is 10.2. The summed E-state index contributed by atoms with van der Waals surface area (Å²) in [6.45, 7) is 0. The molecule has 14 aromatic rings. The summed E-state index contributed by atoms with van der Waals surface area (Å²) in [6.07, 6.45) is 0. The Morgan fingerprint density at radius 3 is 1.39 bits per heavy atom. The second-order valence-corrected chi connectivity index (χ2v) is 21.1. The number of hydrogen-bond acceptors (Lipinski definition) is 1. The lowest BCUT2D eigenvalue weighted by molar-refractivity contribution is 0.794. The molecule has 1 heterocycles. The van der Waals surface area contributed by atoms with Gasteiger partial charge in [-0.25, -0.2) is 0 Å². The van der Waals surface area contributed by atoms with Crippen LogP contribution >= 0.6 is 0 Å². The van der Waals surface area contributed by atoms with Crippen molar-refractivity contribution in [1.29, 1.82) is 0 Å². The molecule has 2 nitrogen and oxygen atoms in total. The van der Waals surface area contributed by atoms with Gasteiger partial charge in [-0.2, -0.15) is 0 Å². The third-order valence-corrected chi connectivity index (χ3v) is 17.0. The van der Waals surface area contributed by atoms with Gasteiger partial charge in [-0.15, -0.1) is 0 Å². The van der Waals surface area contributed by atoms with E-state index in [0.29, 0.717) is 0 Å². The molecule has 0 N–H and O–H groups in total. The van der Waals surface area contributed by atoms with E-state index in [1.807, 2.05) is 0 Å². The van der Waals surface area contributed by atoms with E-state index in [-0.39, 0.29) is 0 Å². The number of benzene rings is 13. The molecule has 2 aliphatic rings. The Hall–Kier alpha value is -10.3. The van der Waals surface area contributed by atoms with E-state index in [9.17, 15) is 0 Å². The minimum Gasteiger partial charge on any atom is -0.310 e. The second-order valence-electron chi connectivity index (χ2n) is 21.1. The quantitative estimate of drug-likeness (QED) is 0.147. The van der Waals surface area contributed by atoms with Crippen LogP contribution in [-0.4, -0.2) is 4.57 Å². The molecular formula is C77H50N2. The van der Waals surface area contributed by atoms with Gasteiger partial charge < -0.3 is 9.47 Å². The maximum absolute atomic E-state index is 2.49. The zero-order valence-electron chi connectivity index (χ0n) is 43.3. The molecule has 0 saturated heterocycles. The van der Waals surface area contributed by atoms with E-state index in [1.54, 1.807) is 0 Å². The second kappa shape index (κ2) is 17.9. The molecule has 0 fully saturated rings. The van der Waals surface area contributed by atoms with E-state index in [1.165, 1.54) is 110 Å². The maximum Gasteiger partial charge on any atom is 0.0726 e. The third-order valence-electron chi connectivity index (χ3n) is 17.0. The largest absolute Gasteiger partial charge is 0.310 e. The monoisotopic (exact) mass is 1000 g/mol. The minimum atomic E-state index is -0.471. The van der Waals surface area contributed by atoms with E-state index < -0.39 is 5.41 Å². The molecule has 0 unspecified atom stereocenters. The molecule has 0 radical (unpaired) electrons. The zero-order valence-corrected chi connectivity index (χ0v) is 43.3. The lowest BCUT2D eigenvalue weighted by atomic mass is 9.70. The zero-order chi connectivity index (χ0) is 52.0. The summed E-state index contributed by atoms with van der Waals surface area (Å²) in [5.41, 5.74) is 26.4. The molecule has 0 bridgehead atoms. The number of rotatable bonds is 8. The molecule has 13 aromatic carbocycles. The molecule has 368 valence electrons. The fourth-order valence-electron chi connectivity index (χ4n) is 13.7. The van der Waals surface area contributed by atoms with Crippen molar-refractivity contribution in [3.05, 3.63) is 326 Å². The third kappa shape index (κ3) is 6.78. The molecular weight excluding hydrogens is 953 g/mol. The number of aromatic nitrogens is 1. The predicted molar refractivity (Wildman–Crippen MR) is 331 cm³/mol. The van der Waals surface area contributed by atoms with E-state index in [4.69, 9.17) is 0 Å². The van der Waals surface area contributed by atoms with Crippen LogP contribution in [0.2, 0.25) is 0 Å². The minimum absolute atomic E-state index is 0.471. The van der Waals surface area contributed by atoms with Crippen molar-refractivity contribution in [3.63, 3.8) is 0 Å². The molecule has 1 aromatic heterocycles. The lowest BCUT2D eigenvalue weighted by Gasteiger charge is -2.32. The van der Waals surface area contributed by atoms with Gasteiger partial charge in [0.1, 0.15) is 0 Å². The summed E-state index contributed by atoms with van der Waals surface area (Å²) < 4.78 is 2.46. The maximum atomic E-state index is 2.49. The van der Waals surface area contributed by atoms with Crippen molar-refractivity contribution in [2.75, 3.05) is 4.90 Å². The van der Waals surface area contributed by atoms with Gasteiger partial charge in [0.15, 0.2) is 0 Å². The Labute approximate surface area is 460 Å². The first-order chi connectivity index (χ1) is 39.2. The van der Waals surface area contributed by atoms with Gasteiger partial charge in [-0.1, -0.05) is 255 Å². The lowest BCUT2D eigenvalue weighted by Crippen LogP contribution is -2.26. The highest BCUT2D eigenvalue weighted by Crippen LogP contribution is 2.64. The summed E-state index contributed by atoms with van der Waals surface area (Å²) >= 11 is 0. The number of fused-ring (bicyclic) bond motifs is 15. The summed E-state index contributed by atoms with van der Waals surface area (Å²) in [4.78, 5) is 2.49. The fraction of sp³-hybridized carbons (Fsp3) is 0.0130. The van der Waals surface area contributed by atoms with Crippen molar-refractivity contribution in [2.45, 2.75) is 5.41 Å². The number of hydrogen-bond donors (Lipinski definition) is 0. The van der Waals surface area contributed by atoms with Crippen LogP contribution in [0.4, 0.5) is 17.1 Å². The van der Waals surface area contributed by atoms with Crippen molar-refractivity contribution in [1.82, 2.24) is 4.57 Å². The van der Waals surface area contributed by atoms with Gasteiger partial charge in [0.2, 0.25) is 0 Å². The smallest absolute Gasteiger partial charge is 0.0726 e. The highest BCUT2D eigenvalue weighted by molar-refractivity contribution is 6.19. The normalized spacial score (nSPS) is 12.7. The molecule has 2 aliphatic carbocycles. The van der Waals surface area contributed by atoms with E-state index in [2.05, 4.69) is 313 Å². The number of para-hydroxylation sites is 1. The van der Waals surface area contributed by atoms with Crippen LogP contribution in [-0.2, 0) is 5.41 Å².